The fourth-order valence-electron chi connectivity index (χ4n) is 2.38. The molecule has 21 heavy (non-hydrogen) atoms. The number of halogens is 1. The number of para-hydroxylation sites is 1. The highest BCUT2D eigenvalue weighted by Crippen LogP contribution is 2.27. The first-order valence-corrected chi connectivity index (χ1v) is 7.75. The summed E-state index contributed by atoms with van der Waals surface area (Å²) < 4.78 is 1.07. The number of fused-ring (bicyclic) bond motifs is 2. The molecule has 0 bridgehead atoms. The van der Waals surface area contributed by atoms with Gasteiger partial charge in [-0.05, 0) is 46.9 Å². The van der Waals surface area contributed by atoms with Crippen LogP contribution in [0, 0.1) is 3.57 Å². The third kappa shape index (κ3) is 2.71. The molecule has 0 fully saturated rings. The molecule has 0 saturated carbocycles. The van der Waals surface area contributed by atoms with Crippen LogP contribution in [0.1, 0.15) is 10.4 Å². The average molecular weight is 391 g/mol. The molecule has 4 nitrogen and oxygen atoms in total. The van der Waals surface area contributed by atoms with Crippen molar-refractivity contribution >= 4 is 50.3 Å². The fourth-order valence-corrected chi connectivity index (χ4v) is 2.87. The Morgan fingerprint density at radius 1 is 1.14 bits per heavy atom. The minimum absolute atomic E-state index is 0.106. The molecule has 3 rings (SSSR count). The van der Waals surface area contributed by atoms with E-state index in [2.05, 4.69) is 32.9 Å². The Hall–Kier alpha value is -1.73. The Bertz CT molecular complexity index is 832. The zero-order valence-corrected chi connectivity index (χ0v) is 13.4. The van der Waals surface area contributed by atoms with Crippen LogP contribution in [0.5, 0.6) is 0 Å². The molecule has 3 N–H and O–H groups in total. The number of hydrogen-bond donors (Lipinski definition) is 2. The molecule has 0 unspecified atom stereocenters. The molecule has 106 valence electrons. The van der Waals surface area contributed by atoms with Crippen LogP contribution < -0.4 is 11.1 Å². The molecule has 1 heterocycles. The molecule has 0 spiro atoms. The number of amides is 1. The van der Waals surface area contributed by atoms with Gasteiger partial charge in [0.05, 0.1) is 16.6 Å². The zero-order chi connectivity index (χ0) is 14.8. The van der Waals surface area contributed by atoms with E-state index in [9.17, 15) is 4.79 Å². The van der Waals surface area contributed by atoms with E-state index in [1.54, 1.807) is 0 Å². The SMILES string of the molecule is NCCNC(=O)c1c2ccccc2nc2ccc(I)cc12. The minimum atomic E-state index is -0.106. The molecule has 1 amide bonds. The molecule has 0 radical (unpaired) electrons. The predicted octanol–water partition coefficient (Wildman–Crippen LogP) is 2.68. The van der Waals surface area contributed by atoms with Crippen LogP contribution >= 0.6 is 22.6 Å². The largest absolute Gasteiger partial charge is 0.351 e. The first-order valence-electron chi connectivity index (χ1n) is 6.67. The summed E-state index contributed by atoms with van der Waals surface area (Å²) in [5.41, 5.74) is 7.79. The van der Waals surface area contributed by atoms with E-state index in [1.807, 2.05) is 42.5 Å². The number of nitrogens with one attached hydrogen (secondary N) is 1. The second-order valence-corrected chi connectivity index (χ2v) is 5.96. The van der Waals surface area contributed by atoms with Gasteiger partial charge < -0.3 is 11.1 Å². The van der Waals surface area contributed by atoms with Crippen molar-refractivity contribution in [2.24, 2.45) is 5.73 Å². The molecule has 1 aromatic heterocycles. The van der Waals surface area contributed by atoms with E-state index in [0.29, 0.717) is 18.7 Å². The molecule has 5 heteroatoms. The zero-order valence-electron chi connectivity index (χ0n) is 11.3. The molecule has 0 saturated heterocycles. The van der Waals surface area contributed by atoms with Crippen molar-refractivity contribution in [2.45, 2.75) is 0 Å². The van der Waals surface area contributed by atoms with Crippen LogP contribution in [-0.4, -0.2) is 24.0 Å². The van der Waals surface area contributed by atoms with Gasteiger partial charge in [-0.1, -0.05) is 18.2 Å². The Labute approximate surface area is 135 Å². The van der Waals surface area contributed by atoms with Crippen molar-refractivity contribution in [3.05, 3.63) is 51.6 Å². The number of carbonyl (C=O) groups excluding carboxylic acids is 1. The summed E-state index contributed by atoms with van der Waals surface area (Å²) in [5.74, 6) is -0.106. The van der Waals surface area contributed by atoms with E-state index in [1.165, 1.54) is 0 Å². The number of aromatic nitrogens is 1. The summed E-state index contributed by atoms with van der Waals surface area (Å²) in [7, 11) is 0. The van der Waals surface area contributed by atoms with Crippen LogP contribution in [0.3, 0.4) is 0 Å². The first-order chi connectivity index (χ1) is 10.2. The van der Waals surface area contributed by atoms with Crippen LogP contribution in [0.4, 0.5) is 0 Å². The quantitative estimate of drug-likeness (QED) is 0.533. The number of rotatable bonds is 3. The summed E-state index contributed by atoms with van der Waals surface area (Å²) >= 11 is 2.24. The number of hydrogen-bond acceptors (Lipinski definition) is 3. The van der Waals surface area contributed by atoms with Gasteiger partial charge in [-0.15, -0.1) is 0 Å². The van der Waals surface area contributed by atoms with Crippen molar-refractivity contribution in [3.63, 3.8) is 0 Å². The predicted molar refractivity (Wildman–Crippen MR) is 93.4 cm³/mol. The van der Waals surface area contributed by atoms with Gasteiger partial charge in [-0.3, -0.25) is 4.79 Å². The number of carbonyl (C=O) groups is 1. The van der Waals surface area contributed by atoms with Crippen molar-refractivity contribution in [2.75, 3.05) is 13.1 Å². The monoisotopic (exact) mass is 391 g/mol. The standard InChI is InChI=1S/C16H14IN3O/c17-10-5-6-14-12(9-10)15(16(21)19-8-7-18)11-3-1-2-4-13(11)20-14/h1-6,9H,7-8,18H2,(H,19,21). The van der Waals surface area contributed by atoms with E-state index in [4.69, 9.17) is 5.73 Å². The van der Waals surface area contributed by atoms with E-state index >= 15 is 0 Å². The van der Waals surface area contributed by atoms with Crippen LogP contribution in [0.2, 0.25) is 0 Å². The smallest absolute Gasteiger partial charge is 0.252 e. The van der Waals surface area contributed by atoms with Crippen molar-refractivity contribution < 1.29 is 4.79 Å². The highest BCUT2D eigenvalue weighted by atomic mass is 127. The number of nitrogens with zero attached hydrogens (tertiary/aromatic N) is 1. The highest BCUT2D eigenvalue weighted by Gasteiger charge is 2.15. The fraction of sp³-hybridized carbons (Fsp3) is 0.125. The van der Waals surface area contributed by atoms with Gasteiger partial charge in [0.1, 0.15) is 0 Å². The van der Waals surface area contributed by atoms with E-state index in [-0.39, 0.29) is 5.91 Å². The number of nitrogens with two attached hydrogens (primary N) is 1. The lowest BCUT2D eigenvalue weighted by atomic mass is 10.0. The third-order valence-electron chi connectivity index (χ3n) is 3.30. The molecule has 0 atom stereocenters. The van der Waals surface area contributed by atoms with Crippen molar-refractivity contribution in [3.8, 4) is 0 Å². The molecule has 0 aliphatic rings. The van der Waals surface area contributed by atoms with Gasteiger partial charge in [0, 0.05) is 27.4 Å². The van der Waals surface area contributed by atoms with E-state index in [0.717, 1.165) is 25.4 Å². The van der Waals surface area contributed by atoms with Gasteiger partial charge in [-0.25, -0.2) is 4.98 Å². The molecule has 0 aliphatic heterocycles. The van der Waals surface area contributed by atoms with Gasteiger partial charge in [0.15, 0.2) is 0 Å². The molecular weight excluding hydrogens is 377 g/mol. The van der Waals surface area contributed by atoms with Crippen LogP contribution in [0.15, 0.2) is 42.5 Å². The normalized spacial score (nSPS) is 11.0. The maximum Gasteiger partial charge on any atom is 0.252 e. The third-order valence-corrected chi connectivity index (χ3v) is 3.97. The molecule has 0 aliphatic carbocycles. The lowest BCUT2D eigenvalue weighted by Gasteiger charge is -2.11. The first kappa shape index (κ1) is 14.2. The second kappa shape index (κ2) is 5.95. The lowest BCUT2D eigenvalue weighted by Crippen LogP contribution is -2.29. The Kier molecular flexibility index (Phi) is 4.03. The maximum atomic E-state index is 12.5. The second-order valence-electron chi connectivity index (χ2n) is 4.71. The number of pyridine rings is 1. The van der Waals surface area contributed by atoms with Crippen LogP contribution in [0.25, 0.3) is 21.8 Å². The Morgan fingerprint density at radius 3 is 2.71 bits per heavy atom. The highest BCUT2D eigenvalue weighted by molar-refractivity contribution is 14.1. The topological polar surface area (TPSA) is 68.0 Å². The maximum absolute atomic E-state index is 12.5. The summed E-state index contributed by atoms with van der Waals surface area (Å²) in [4.78, 5) is 17.2. The summed E-state index contributed by atoms with van der Waals surface area (Å²) in [6.45, 7) is 0.880. The molecule has 3 aromatic rings. The van der Waals surface area contributed by atoms with Crippen molar-refractivity contribution in [1.82, 2.24) is 10.3 Å². The Morgan fingerprint density at radius 2 is 1.90 bits per heavy atom. The Balaban J connectivity index is 2.33. The summed E-state index contributed by atoms with van der Waals surface area (Å²) in [6.07, 6.45) is 0. The summed E-state index contributed by atoms with van der Waals surface area (Å²) in [5, 5.41) is 4.59. The van der Waals surface area contributed by atoms with Crippen LogP contribution in [-0.2, 0) is 0 Å². The average Bonchev–Trinajstić information content (AvgIpc) is 2.50. The van der Waals surface area contributed by atoms with Gasteiger partial charge in [0.25, 0.3) is 5.91 Å². The molecule has 2 aromatic carbocycles. The summed E-state index contributed by atoms with van der Waals surface area (Å²) in [6, 6.07) is 13.6. The number of benzene rings is 2. The lowest BCUT2D eigenvalue weighted by molar-refractivity contribution is 0.0958. The van der Waals surface area contributed by atoms with Gasteiger partial charge in [-0.2, -0.15) is 0 Å². The van der Waals surface area contributed by atoms with Gasteiger partial charge >= 0.3 is 0 Å². The minimum Gasteiger partial charge on any atom is -0.351 e. The van der Waals surface area contributed by atoms with E-state index < -0.39 is 0 Å². The molecular formula is C16H14IN3O. The van der Waals surface area contributed by atoms with Gasteiger partial charge in [0.2, 0.25) is 0 Å². The van der Waals surface area contributed by atoms with Crippen molar-refractivity contribution in [1.29, 1.82) is 0 Å².